The van der Waals surface area contributed by atoms with Crippen LogP contribution in [0.1, 0.15) is 62.9 Å². The van der Waals surface area contributed by atoms with Crippen LogP contribution in [0.15, 0.2) is 48.5 Å². The van der Waals surface area contributed by atoms with Crippen molar-refractivity contribution in [2.24, 2.45) is 5.41 Å². The highest BCUT2D eigenvalue weighted by Crippen LogP contribution is 2.60. The van der Waals surface area contributed by atoms with Gasteiger partial charge in [-0.05, 0) is 25.1 Å². The summed E-state index contributed by atoms with van der Waals surface area (Å²) in [5, 5.41) is 51.6. The number of hydrogen-bond donors (Lipinski definition) is 5. The van der Waals surface area contributed by atoms with Crippen molar-refractivity contribution in [1.82, 2.24) is 0 Å². The quantitative estimate of drug-likeness (QED) is 0.215. The molecule has 3 aromatic rings. The molecule has 0 aliphatic carbocycles. The van der Waals surface area contributed by atoms with Gasteiger partial charge < -0.3 is 39.7 Å². The number of aliphatic carboxylic acids is 2. The second-order valence-electron chi connectivity index (χ2n) is 9.56. The first-order valence-corrected chi connectivity index (χ1v) is 11.9. The third-order valence-corrected chi connectivity index (χ3v) is 7.17. The Morgan fingerprint density at radius 2 is 1.59 bits per heavy atom. The van der Waals surface area contributed by atoms with E-state index in [0.29, 0.717) is 6.92 Å². The Balaban J connectivity index is 1.97. The maximum atomic E-state index is 13.1. The van der Waals surface area contributed by atoms with E-state index >= 15 is 0 Å². The number of fused-ring (bicyclic) bond motifs is 6. The molecule has 0 amide bonds. The Labute approximate surface area is 229 Å². The molecule has 0 fully saturated rings. The van der Waals surface area contributed by atoms with E-state index < -0.39 is 69.4 Å². The Bertz CT molecular complexity index is 1690. The van der Waals surface area contributed by atoms with Crippen LogP contribution in [0.25, 0.3) is 0 Å². The molecule has 210 valence electrons. The van der Waals surface area contributed by atoms with Crippen molar-refractivity contribution in [2.45, 2.75) is 25.6 Å². The van der Waals surface area contributed by atoms with Gasteiger partial charge in [0.15, 0.2) is 11.7 Å². The van der Waals surface area contributed by atoms with Crippen molar-refractivity contribution in [2.75, 3.05) is 0 Å². The molecule has 2 unspecified atom stereocenters. The second-order valence-corrected chi connectivity index (χ2v) is 9.56. The fourth-order valence-electron chi connectivity index (χ4n) is 5.27. The summed E-state index contributed by atoms with van der Waals surface area (Å²) in [6, 6.07) is 10.6. The zero-order valence-electron chi connectivity index (χ0n) is 21.2. The third kappa shape index (κ3) is 3.66. The number of carboxylic acids is 3. The predicted molar refractivity (Wildman–Crippen MR) is 133 cm³/mol. The summed E-state index contributed by atoms with van der Waals surface area (Å²) in [6.45, 7) is 1.53. The van der Waals surface area contributed by atoms with Crippen molar-refractivity contribution in [3.63, 3.8) is 0 Å². The van der Waals surface area contributed by atoms with Crippen LogP contribution >= 0.6 is 0 Å². The summed E-state index contributed by atoms with van der Waals surface area (Å²) < 4.78 is 16.9. The smallest absolute Gasteiger partial charge is 0.340 e. The number of ether oxygens (including phenoxy) is 3. The van der Waals surface area contributed by atoms with Gasteiger partial charge in [-0.2, -0.15) is 0 Å². The van der Waals surface area contributed by atoms with E-state index in [1.807, 2.05) is 0 Å². The number of benzene rings is 3. The lowest BCUT2D eigenvalue weighted by atomic mass is 9.72. The first kappa shape index (κ1) is 27.0. The molecule has 3 aromatic carbocycles. The van der Waals surface area contributed by atoms with Crippen molar-refractivity contribution in [1.29, 1.82) is 0 Å². The molecule has 1 spiro atoms. The molecule has 0 saturated carbocycles. The molecule has 2 atom stereocenters. The van der Waals surface area contributed by atoms with Crippen LogP contribution in [-0.4, -0.2) is 55.4 Å². The van der Waals surface area contributed by atoms with Gasteiger partial charge in [0.1, 0.15) is 23.0 Å². The van der Waals surface area contributed by atoms with Crippen molar-refractivity contribution in [3.8, 4) is 23.0 Å². The summed E-state index contributed by atoms with van der Waals surface area (Å²) in [4.78, 5) is 62.8. The van der Waals surface area contributed by atoms with Crippen LogP contribution in [0.5, 0.6) is 23.0 Å². The fourth-order valence-corrected chi connectivity index (χ4v) is 5.27. The van der Waals surface area contributed by atoms with Crippen molar-refractivity contribution >= 4 is 29.8 Å². The lowest BCUT2D eigenvalue weighted by molar-refractivity contribution is -0.179. The zero-order chi connectivity index (χ0) is 30.0. The van der Waals surface area contributed by atoms with Crippen LogP contribution in [-0.2, 0) is 29.5 Å². The van der Waals surface area contributed by atoms with Gasteiger partial charge in [0.25, 0.3) is 0 Å². The molecule has 0 radical (unpaired) electrons. The molecule has 5 N–H and O–H groups in total. The Kier molecular flexibility index (Phi) is 5.91. The van der Waals surface area contributed by atoms with E-state index in [0.717, 1.165) is 13.0 Å². The molecule has 2 heterocycles. The Morgan fingerprint density at radius 1 is 0.927 bits per heavy atom. The minimum atomic E-state index is -3.00. The second kappa shape index (κ2) is 8.98. The molecule has 0 aromatic heterocycles. The number of esters is 2. The number of aromatic hydroxyl groups is 2. The molecule has 5 rings (SSSR count). The third-order valence-electron chi connectivity index (χ3n) is 7.17. The lowest BCUT2D eigenvalue weighted by Gasteiger charge is -2.39. The molecule has 13 nitrogen and oxygen atoms in total. The number of carbonyl (C=O) groups is 5. The van der Waals surface area contributed by atoms with E-state index in [4.69, 9.17) is 14.2 Å². The zero-order valence-corrected chi connectivity index (χ0v) is 21.2. The van der Waals surface area contributed by atoms with Gasteiger partial charge in [-0.3, -0.25) is 14.4 Å². The maximum absolute atomic E-state index is 13.1. The van der Waals surface area contributed by atoms with Crippen LogP contribution in [0.3, 0.4) is 0 Å². The highest BCUT2D eigenvalue weighted by molar-refractivity contribution is 6.02. The largest absolute Gasteiger partial charge is 0.508 e. The topological polar surface area (TPSA) is 214 Å². The summed E-state index contributed by atoms with van der Waals surface area (Å²) in [5.41, 5.74) is -7.07. The van der Waals surface area contributed by atoms with Crippen LogP contribution < -0.4 is 4.74 Å². The molecule has 13 heteroatoms. The van der Waals surface area contributed by atoms with Gasteiger partial charge in [0.2, 0.25) is 5.41 Å². The van der Waals surface area contributed by atoms with E-state index in [-0.39, 0.29) is 33.9 Å². The normalized spacial score (nSPS) is 17.4. The number of carboxylic acid groups (broad SMARTS) is 3. The minimum Gasteiger partial charge on any atom is -0.508 e. The number of phenols is 2. The first-order valence-electron chi connectivity index (χ1n) is 11.9. The molecular weight excluding hydrogens is 544 g/mol. The lowest BCUT2D eigenvalue weighted by Crippen LogP contribution is -2.44. The molecule has 2 aliphatic heterocycles. The first-order chi connectivity index (χ1) is 19.2. The predicted octanol–water partition coefficient (Wildman–Crippen LogP) is 3.14. The number of aromatic carboxylic acids is 1. The standard InChI is InChI=1S/C28H20O13/c1-11(29)39-22(27(2,25(35)36)26(37)38)19-16(31)10-18-21(20(19)23(32)33)28(15-8-7-12(30)9-17(15)40-18)14-6-4-3-5-13(14)24(34)41-28/h3-10,22,30-31H,1-2H3,(H,32,33)(H,35,36)(H,37,38). The van der Waals surface area contributed by atoms with Crippen molar-refractivity contribution < 1.29 is 63.7 Å². The number of carbonyl (C=O) groups excluding carboxylic acids is 2. The minimum absolute atomic E-state index is 0.0442. The highest BCUT2D eigenvalue weighted by Gasteiger charge is 2.59. The number of phenolic OH excluding ortho intramolecular Hbond substituents is 2. The summed E-state index contributed by atoms with van der Waals surface area (Å²) in [6.07, 6.45) is -2.39. The van der Waals surface area contributed by atoms with Gasteiger partial charge in [-0.15, -0.1) is 0 Å². The molecule has 41 heavy (non-hydrogen) atoms. The van der Waals surface area contributed by atoms with Gasteiger partial charge >= 0.3 is 29.8 Å². The SMILES string of the molecule is CC(=O)OC(c1c(O)cc2c(c1C(=O)O)C1(OC(=O)c3ccccc31)c1ccc(O)cc1O2)C(C)(C(=O)O)C(=O)O. The fraction of sp³-hybridized carbons (Fsp3) is 0.179. The average Bonchev–Trinajstić information content (AvgIpc) is 3.18. The molecule has 0 saturated heterocycles. The van der Waals surface area contributed by atoms with Crippen molar-refractivity contribution in [3.05, 3.63) is 81.9 Å². The molecular formula is C28H20O13. The monoisotopic (exact) mass is 564 g/mol. The average molecular weight is 564 g/mol. The Morgan fingerprint density at radius 3 is 2.20 bits per heavy atom. The van der Waals surface area contributed by atoms with Gasteiger partial charge in [-0.25, -0.2) is 9.59 Å². The van der Waals surface area contributed by atoms with E-state index in [1.165, 1.54) is 30.3 Å². The summed E-state index contributed by atoms with van der Waals surface area (Å²) >= 11 is 0. The van der Waals surface area contributed by atoms with Gasteiger partial charge in [0, 0.05) is 30.2 Å². The maximum Gasteiger partial charge on any atom is 0.340 e. The number of hydrogen-bond acceptors (Lipinski definition) is 10. The van der Waals surface area contributed by atoms with Crippen LogP contribution in [0, 0.1) is 5.41 Å². The van der Waals surface area contributed by atoms with Crippen LogP contribution in [0.2, 0.25) is 0 Å². The van der Waals surface area contributed by atoms with E-state index in [1.54, 1.807) is 12.1 Å². The molecule has 0 bridgehead atoms. The number of rotatable bonds is 6. The van der Waals surface area contributed by atoms with E-state index in [2.05, 4.69) is 0 Å². The summed E-state index contributed by atoms with van der Waals surface area (Å²) in [5.74, 6) is -9.57. The highest BCUT2D eigenvalue weighted by atomic mass is 16.6. The van der Waals surface area contributed by atoms with Crippen LogP contribution in [0.4, 0.5) is 0 Å². The van der Waals surface area contributed by atoms with Gasteiger partial charge in [-0.1, -0.05) is 18.2 Å². The Hall–Kier alpha value is -5.59. The summed E-state index contributed by atoms with van der Waals surface area (Å²) in [7, 11) is 0. The molecule has 2 aliphatic rings. The van der Waals surface area contributed by atoms with E-state index in [9.17, 15) is 49.5 Å². The van der Waals surface area contributed by atoms with Gasteiger partial charge in [0.05, 0.1) is 22.3 Å².